The summed E-state index contributed by atoms with van der Waals surface area (Å²) >= 11 is 0. The van der Waals surface area contributed by atoms with E-state index in [0.717, 1.165) is 19.8 Å². The molecular weight excluding hydrogens is 242 g/mol. The van der Waals surface area contributed by atoms with Crippen LogP contribution in [0.2, 0.25) is 0 Å². The molecule has 19 heavy (non-hydrogen) atoms. The first-order chi connectivity index (χ1) is 8.65. The summed E-state index contributed by atoms with van der Waals surface area (Å²) in [5.41, 5.74) is 0.00604. The Labute approximate surface area is 116 Å². The molecule has 0 aromatic rings. The van der Waals surface area contributed by atoms with Gasteiger partial charge in [-0.25, -0.2) is 4.90 Å². The van der Waals surface area contributed by atoms with Gasteiger partial charge in [-0.15, -0.1) is 0 Å². The maximum atomic E-state index is 6.21. The fourth-order valence-corrected chi connectivity index (χ4v) is 3.61. The first-order valence-electron chi connectivity index (χ1n) is 7.27. The molecule has 4 nitrogen and oxygen atoms in total. The Morgan fingerprint density at radius 2 is 0.895 bits per heavy atom. The Bertz CT molecular complexity index is 321. The van der Waals surface area contributed by atoms with E-state index in [-0.39, 0.29) is 34.9 Å². The van der Waals surface area contributed by atoms with Crippen LogP contribution < -0.4 is 0 Å². The smallest absolute Gasteiger partial charge is 0.122 e. The summed E-state index contributed by atoms with van der Waals surface area (Å²) in [6.07, 6.45) is 0.261. The molecule has 3 rings (SSSR count). The molecule has 0 aromatic carbocycles. The molecule has 3 aliphatic heterocycles. The lowest BCUT2D eigenvalue weighted by Crippen LogP contribution is -2.74. The molecule has 0 bridgehead atoms. The lowest BCUT2D eigenvalue weighted by atomic mass is 9.78. The zero-order valence-electron chi connectivity index (χ0n) is 13.0. The first-order valence-corrected chi connectivity index (χ1v) is 7.27. The lowest BCUT2D eigenvalue weighted by Gasteiger charge is -2.63. The second-order valence-electron chi connectivity index (χ2n) is 8.40. The predicted octanol–water partition coefficient (Wildman–Crippen LogP) is 2.44. The third kappa shape index (κ3) is 1.96. The van der Waals surface area contributed by atoms with E-state index < -0.39 is 0 Å². The standard InChI is InChI=1S/C15H27NO3/c1-13(2)7-17-11-15(5,6)9-19-12-14(3,4)8-18-10(13)16(11)12/h10-12H,7-9H2,1-6H3/t10-,11-,12+/m0/s1. The number of ether oxygens (including phenoxy) is 3. The van der Waals surface area contributed by atoms with Gasteiger partial charge in [0, 0.05) is 16.2 Å². The molecule has 0 unspecified atom stereocenters. The summed E-state index contributed by atoms with van der Waals surface area (Å²) in [6, 6.07) is 0. The lowest BCUT2D eigenvalue weighted by molar-refractivity contribution is -0.397. The molecule has 0 aliphatic carbocycles. The second kappa shape index (κ2) is 3.94. The second-order valence-corrected chi connectivity index (χ2v) is 8.40. The van der Waals surface area contributed by atoms with Crippen molar-refractivity contribution in [3.05, 3.63) is 0 Å². The molecule has 3 fully saturated rings. The summed E-state index contributed by atoms with van der Waals surface area (Å²) in [7, 11) is 0. The molecule has 3 atom stereocenters. The molecule has 3 saturated heterocycles. The van der Waals surface area contributed by atoms with Crippen LogP contribution in [0.3, 0.4) is 0 Å². The van der Waals surface area contributed by atoms with Crippen LogP contribution in [0.15, 0.2) is 0 Å². The van der Waals surface area contributed by atoms with Crippen LogP contribution in [-0.4, -0.2) is 43.4 Å². The zero-order chi connectivity index (χ0) is 14.1. The van der Waals surface area contributed by atoms with Crippen LogP contribution in [0, 0.1) is 16.2 Å². The average molecular weight is 269 g/mol. The van der Waals surface area contributed by atoms with Crippen LogP contribution in [0.1, 0.15) is 41.5 Å². The van der Waals surface area contributed by atoms with Crippen molar-refractivity contribution in [3.8, 4) is 0 Å². The minimum absolute atomic E-state index is 0.00201. The molecule has 0 amide bonds. The van der Waals surface area contributed by atoms with E-state index in [1.54, 1.807) is 0 Å². The Hall–Kier alpha value is -0.160. The molecular formula is C15H27NO3. The number of hydrogen-bond donors (Lipinski definition) is 0. The molecule has 3 heterocycles. The van der Waals surface area contributed by atoms with Crippen molar-refractivity contribution in [1.29, 1.82) is 0 Å². The maximum Gasteiger partial charge on any atom is 0.122 e. The Morgan fingerprint density at radius 3 is 1.16 bits per heavy atom. The Balaban J connectivity index is 2.00. The number of rotatable bonds is 0. The highest BCUT2D eigenvalue weighted by molar-refractivity contribution is 5.00. The van der Waals surface area contributed by atoms with Gasteiger partial charge in [0.2, 0.25) is 0 Å². The van der Waals surface area contributed by atoms with Gasteiger partial charge in [-0.3, -0.25) is 0 Å². The van der Waals surface area contributed by atoms with Gasteiger partial charge in [0.25, 0.3) is 0 Å². The zero-order valence-corrected chi connectivity index (χ0v) is 13.0. The molecule has 3 aliphatic rings. The van der Waals surface area contributed by atoms with Crippen LogP contribution in [0.5, 0.6) is 0 Å². The SMILES string of the molecule is CC1(C)CO[C@@H]2N3[C@H]1OCC(C)(C)[C@H]3OCC2(C)C. The van der Waals surface area contributed by atoms with Crippen molar-refractivity contribution < 1.29 is 14.2 Å². The van der Waals surface area contributed by atoms with E-state index in [2.05, 4.69) is 46.4 Å². The molecule has 110 valence electrons. The largest absolute Gasteiger partial charge is 0.362 e. The minimum Gasteiger partial charge on any atom is -0.362 e. The normalized spacial score (nSPS) is 43.6. The van der Waals surface area contributed by atoms with Gasteiger partial charge in [-0.05, 0) is 0 Å². The van der Waals surface area contributed by atoms with Crippen molar-refractivity contribution in [3.63, 3.8) is 0 Å². The molecule has 0 radical (unpaired) electrons. The monoisotopic (exact) mass is 269 g/mol. The summed E-state index contributed by atoms with van der Waals surface area (Å²) < 4.78 is 18.6. The van der Waals surface area contributed by atoms with Crippen molar-refractivity contribution in [2.45, 2.75) is 60.2 Å². The molecule has 0 aromatic heterocycles. The number of hydrogen-bond acceptors (Lipinski definition) is 4. The van der Waals surface area contributed by atoms with Crippen molar-refractivity contribution in [1.82, 2.24) is 4.90 Å². The topological polar surface area (TPSA) is 30.9 Å². The Kier molecular flexibility index (Phi) is 2.86. The van der Waals surface area contributed by atoms with Crippen LogP contribution in [0.4, 0.5) is 0 Å². The van der Waals surface area contributed by atoms with Gasteiger partial charge in [0.1, 0.15) is 18.7 Å². The van der Waals surface area contributed by atoms with E-state index in [9.17, 15) is 0 Å². The first kappa shape index (κ1) is 13.8. The Morgan fingerprint density at radius 1 is 0.632 bits per heavy atom. The van der Waals surface area contributed by atoms with Gasteiger partial charge in [0.15, 0.2) is 0 Å². The van der Waals surface area contributed by atoms with Gasteiger partial charge < -0.3 is 14.2 Å². The number of nitrogens with zero attached hydrogens (tertiary/aromatic N) is 1. The third-order valence-corrected chi connectivity index (χ3v) is 4.66. The van der Waals surface area contributed by atoms with Crippen LogP contribution >= 0.6 is 0 Å². The van der Waals surface area contributed by atoms with E-state index in [1.807, 2.05) is 0 Å². The van der Waals surface area contributed by atoms with E-state index in [0.29, 0.717) is 0 Å². The van der Waals surface area contributed by atoms with Gasteiger partial charge >= 0.3 is 0 Å². The van der Waals surface area contributed by atoms with Crippen LogP contribution in [0.25, 0.3) is 0 Å². The van der Waals surface area contributed by atoms with E-state index >= 15 is 0 Å². The van der Waals surface area contributed by atoms with Crippen molar-refractivity contribution in [2.24, 2.45) is 16.2 Å². The molecule has 0 saturated carbocycles. The van der Waals surface area contributed by atoms with Crippen LogP contribution in [-0.2, 0) is 14.2 Å². The quantitative estimate of drug-likeness (QED) is 0.676. The average Bonchev–Trinajstić information content (AvgIpc) is 2.25. The summed E-state index contributed by atoms with van der Waals surface area (Å²) in [5, 5.41) is 0. The predicted molar refractivity (Wildman–Crippen MR) is 72.4 cm³/mol. The highest BCUT2D eigenvalue weighted by Gasteiger charge is 2.59. The summed E-state index contributed by atoms with van der Waals surface area (Å²) in [5.74, 6) is 0. The van der Waals surface area contributed by atoms with Gasteiger partial charge in [-0.2, -0.15) is 0 Å². The van der Waals surface area contributed by atoms with Gasteiger partial charge in [0.05, 0.1) is 19.8 Å². The molecule has 4 heteroatoms. The fraction of sp³-hybridized carbons (Fsp3) is 1.00. The molecule has 0 N–H and O–H groups in total. The van der Waals surface area contributed by atoms with Crippen molar-refractivity contribution in [2.75, 3.05) is 19.8 Å². The highest BCUT2D eigenvalue weighted by Crippen LogP contribution is 2.49. The van der Waals surface area contributed by atoms with Crippen molar-refractivity contribution >= 4 is 0 Å². The summed E-state index contributed by atoms with van der Waals surface area (Å²) in [6.45, 7) is 15.5. The molecule has 0 spiro atoms. The summed E-state index contributed by atoms with van der Waals surface area (Å²) in [4.78, 5) is 2.34. The van der Waals surface area contributed by atoms with E-state index in [4.69, 9.17) is 14.2 Å². The maximum absolute atomic E-state index is 6.21. The minimum atomic E-state index is 0.00201. The fourth-order valence-electron chi connectivity index (χ4n) is 3.61. The highest BCUT2D eigenvalue weighted by atomic mass is 16.6. The van der Waals surface area contributed by atoms with Gasteiger partial charge in [-0.1, -0.05) is 41.5 Å². The third-order valence-electron chi connectivity index (χ3n) is 4.66. The van der Waals surface area contributed by atoms with E-state index in [1.165, 1.54) is 0 Å².